The lowest BCUT2D eigenvalue weighted by Gasteiger charge is -2.09. The number of carbonyl (C=O) groups excluding carboxylic acids is 1. The first-order valence-corrected chi connectivity index (χ1v) is 9.37. The van der Waals surface area contributed by atoms with Gasteiger partial charge in [-0.05, 0) is 48.4 Å². The molecule has 0 fully saturated rings. The van der Waals surface area contributed by atoms with Crippen molar-refractivity contribution in [2.24, 2.45) is 0 Å². The fourth-order valence-electron chi connectivity index (χ4n) is 3.01. The van der Waals surface area contributed by atoms with Gasteiger partial charge in [0.25, 0.3) is 0 Å². The van der Waals surface area contributed by atoms with Crippen molar-refractivity contribution in [3.63, 3.8) is 0 Å². The molecule has 0 saturated heterocycles. The van der Waals surface area contributed by atoms with E-state index >= 15 is 0 Å². The van der Waals surface area contributed by atoms with Gasteiger partial charge in [-0.3, -0.25) is 4.79 Å². The van der Waals surface area contributed by atoms with Gasteiger partial charge >= 0.3 is 0 Å². The van der Waals surface area contributed by atoms with Crippen LogP contribution in [-0.2, 0) is 11.2 Å². The van der Waals surface area contributed by atoms with E-state index in [1.54, 1.807) is 12.1 Å². The van der Waals surface area contributed by atoms with Gasteiger partial charge in [-0.25, -0.2) is 0 Å². The van der Waals surface area contributed by atoms with Crippen molar-refractivity contribution in [3.05, 3.63) is 72.3 Å². The number of nitrogens with one attached hydrogen (secondary N) is 1. The number of carbonyl (C=O) groups is 1. The first-order valence-electron chi connectivity index (χ1n) is 9.37. The van der Waals surface area contributed by atoms with Crippen LogP contribution in [-0.4, -0.2) is 24.2 Å². The molecule has 0 spiro atoms. The minimum Gasteiger partial charge on any atom is -0.508 e. The summed E-state index contributed by atoms with van der Waals surface area (Å²) in [6.07, 6.45) is 2.91. The molecule has 0 unspecified atom stereocenters. The first-order chi connectivity index (χ1) is 13.2. The van der Waals surface area contributed by atoms with Crippen LogP contribution in [0.25, 0.3) is 10.8 Å². The average molecular weight is 363 g/mol. The largest absolute Gasteiger partial charge is 0.508 e. The molecule has 0 saturated carbocycles. The van der Waals surface area contributed by atoms with Crippen LogP contribution in [0, 0.1) is 0 Å². The highest BCUT2D eigenvalue weighted by Crippen LogP contribution is 2.25. The molecule has 0 aromatic heterocycles. The molecule has 0 radical (unpaired) electrons. The predicted molar refractivity (Wildman–Crippen MR) is 108 cm³/mol. The van der Waals surface area contributed by atoms with Crippen LogP contribution < -0.4 is 10.1 Å². The third kappa shape index (κ3) is 5.74. The highest BCUT2D eigenvalue weighted by molar-refractivity contribution is 5.88. The highest BCUT2D eigenvalue weighted by atomic mass is 16.5. The van der Waals surface area contributed by atoms with E-state index in [2.05, 4.69) is 17.4 Å². The summed E-state index contributed by atoms with van der Waals surface area (Å²) >= 11 is 0. The molecule has 4 heteroatoms. The number of hydrogen-bond donors (Lipinski definition) is 2. The predicted octanol–water partition coefficient (Wildman–Crippen LogP) is 4.45. The fourth-order valence-corrected chi connectivity index (χ4v) is 3.01. The number of phenolic OH excluding ortho intramolecular Hbond substituents is 1. The van der Waals surface area contributed by atoms with Gasteiger partial charge in [-0.2, -0.15) is 0 Å². The topological polar surface area (TPSA) is 58.6 Å². The number of fused-ring (bicyclic) bond motifs is 1. The Balaban J connectivity index is 1.32. The lowest BCUT2D eigenvalue weighted by atomic mass is 10.1. The maximum absolute atomic E-state index is 11.9. The molecule has 3 aromatic rings. The lowest BCUT2D eigenvalue weighted by molar-refractivity contribution is -0.121. The third-order valence-corrected chi connectivity index (χ3v) is 4.46. The van der Waals surface area contributed by atoms with E-state index in [0.29, 0.717) is 26.0 Å². The van der Waals surface area contributed by atoms with Crippen molar-refractivity contribution < 1.29 is 14.6 Å². The molecule has 0 bridgehead atoms. The van der Waals surface area contributed by atoms with E-state index in [1.807, 2.05) is 42.5 Å². The Labute approximate surface area is 159 Å². The molecular weight excluding hydrogens is 338 g/mol. The summed E-state index contributed by atoms with van der Waals surface area (Å²) < 4.78 is 5.86. The molecule has 0 heterocycles. The number of ether oxygens (including phenoxy) is 1. The Morgan fingerprint density at radius 3 is 2.56 bits per heavy atom. The monoisotopic (exact) mass is 363 g/mol. The number of aromatic hydroxyl groups is 1. The number of hydrogen-bond acceptors (Lipinski definition) is 3. The summed E-state index contributed by atoms with van der Waals surface area (Å²) in [7, 11) is 0. The SMILES string of the molecule is O=C(CCCOc1cccc2ccccc12)NCCCc1ccc(O)cc1. The number of amides is 1. The van der Waals surface area contributed by atoms with E-state index in [4.69, 9.17) is 4.74 Å². The normalized spacial score (nSPS) is 10.7. The zero-order chi connectivity index (χ0) is 18.9. The summed E-state index contributed by atoms with van der Waals surface area (Å²) in [5, 5.41) is 14.5. The summed E-state index contributed by atoms with van der Waals surface area (Å²) in [6.45, 7) is 1.18. The Hall–Kier alpha value is -3.01. The van der Waals surface area contributed by atoms with Crippen molar-refractivity contribution in [3.8, 4) is 11.5 Å². The van der Waals surface area contributed by atoms with Gasteiger partial charge in [0.15, 0.2) is 0 Å². The van der Waals surface area contributed by atoms with E-state index in [9.17, 15) is 9.90 Å². The van der Waals surface area contributed by atoms with E-state index in [0.717, 1.165) is 34.9 Å². The molecule has 27 heavy (non-hydrogen) atoms. The van der Waals surface area contributed by atoms with Crippen LogP contribution in [0.15, 0.2) is 66.7 Å². The lowest BCUT2D eigenvalue weighted by Crippen LogP contribution is -2.24. The number of phenols is 1. The van der Waals surface area contributed by atoms with E-state index in [-0.39, 0.29) is 11.7 Å². The summed E-state index contributed by atoms with van der Waals surface area (Å²) in [6, 6.07) is 21.3. The second-order valence-corrected chi connectivity index (χ2v) is 6.55. The Morgan fingerprint density at radius 2 is 1.70 bits per heavy atom. The summed E-state index contributed by atoms with van der Waals surface area (Å²) in [4.78, 5) is 11.9. The summed E-state index contributed by atoms with van der Waals surface area (Å²) in [5.74, 6) is 1.20. The molecule has 0 aliphatic carbocycles. The zero-order valence-electron chi connectivity index (χ0n) is 15.4. The quantitative estimate of drug-likeness (QED) is 0.552. The van der Waals surface area contributed by atoms with Crippen LogP contribution in [0.5, 0.6) is 11.5 Å². The van der Waals surface area contributed by atoms with Crippen molar-refractivity contribution in [2.75, 3.05) is 13.2 Å². The van der Waals surface area contributed by atoms with E-state index < -0.39 is 0 Å². The maximum atomic E-state index is 11.9. The van der Waals surface area contributed by atoms with Gasteiger partial charge in [0.2, 0.25) is 5.91 Å². The first kappa shape index (κ1) is 18.8. The van der Waals surface area contributed by atoms with Crippen LogP contribution >= 0.6 is 0 Å². The van der Waals surface area contributed by atoms with Crippen LogP contribution in [0.1, 0.15) is 24.8 Å². The summed E-state index contributed by atoms with van der Waals surface area (Å²) in [5.41, 5.74) is 1.16. The second-order valence-electron chi connectivity index (χ2n) is 6.55. The van der Waals surface area contributed by atoms with Gasteiger partial charge in [0.05, 0.1) is 6.61 Å². The molecule has 0 aliphatic heterocycles. The standard InChI is InChI=1S/C23H25NO3/c25-20-14-12-18(13-15-20)6-4-16-24-23(26)11-5-17-27-22-10-3-8-19-7-1-2-9-21(19)22/h1-3,7-10,12-15,25H,4-6,11,16-17H2,(H,24,26). The van der Waals surface area contributed by atoms with Gasteiger partial charge < -0.3 is 15.2 Å². The molecule has 0 atom stereocenters. The molecule has 2 N–H and O–H groups in total. The highest BCUT2D eigenvalue weighted by Gasteiger charge is 2.04. The Kier molecular flexibility index (Phi) is 6.69. The second kappa shape index (κ2) is 9.62. The van der Waals surface area contributed by atoms with Gasteiger partial charge in [-0.15, -0.1) is 0 Å². The van der Waals surface area contributed by atoms with Crippen molar-refractivity contribution in [1.29, 1.82) is 0 Å². The number of benzene rings is 3. The molecule has 4 nitrogen and oxygen atoms in total. The van der Waals surface area contributed by atoms with Gasteiger partial charge in [0, 0.05) is 18.4 Å². The zero-order valence-corrected chi connectivity index (χ0v) is 15.4. The molecule has 3 rings (SSSR count). The van der Waals surface area contributed by atoms with E-state index in [1.165, 1.54) is 0 Å². The molecule has 0 aliphatic rings. The number of rotatable bonds is 9. The van der Waals surface area contributed by atoms with Crippen molar-refractivity contribution in [1.82, 2.24) is 5.32 Å². The smallest absolute Gasteiger partial charge is 0.220 e. The van der Waals surface area contributed by atoms with Crippen molar-refractivity contribution in [2.45, 2.75) is 25.7 Å². The molecule has 3 aromatic carbocycles. The number of aryl methyl sites for hydroxylation is 1. The molecule has 140 valence electrons. The average Bonchev–Trinajstić information content (AvgIpc) is 2.70. The van der Waals surface area contributed by atoms with Crippen molar-refractivity contribution >= 4 is 16.7 Å². The van der Waals surface area contributed by atoms with Crippen LogP contribution in [0.4, 0.5) is 0 Å². The van der Waals surface area contributed by atoms with Gasteiger partial charge in [0.1, 0.15) is 11.5 Å². The Bertz CT molecular complexity index is 869. The maximum Gasteiger partial charge on any atom is 0.220 e. The minimum absolute atomic E-state index is 0.0576. The molecular formula is C23H25NO3. The minimum atomic E-state index is 0.0576. The molecule has 1 amide bonds. The third-order valence-electron chi connectivity index (χ3n) is 4.46. The Morgan fingerprint density at radius 1 is 0.926 bits per heavy atom. The van der Waals surface area contributed by atoms with Crippen LogP contribution in [0.2, 0.25) is 0 Å². The fraction of sp³-hybridized carbons (Fsp3) is 0.261. The van der Waals surface area contributed by atoms with Gasteiger partial charge in [-0.1, -0.05) is 48.5 Å². The van der Waals surface area contributed by atoms with Crippen LogP contribution in [0.3, 0.4) is 0 Å².